The van der Waals surface area contributed by atoms with Crippen LogP contribution in [0, 0.1) is 3.57 Å². The van der Waals surface area contributed by atoms with Gasteiger partial charge in [0.15, 0.2) is 0 Å². The summed E-state index contributed by atoms with van der Waals surface area (Å²) in [6, 6.07) is 5.50. The van der Waals surface area contributed by atoms with Gasteiger partial charge in [0.05, 0.1) is 11.6 Å². The SMILES string of the molecule is O=C(O)c1cn(CC2CCCO2)c2ccc(I)cc2c1=O. The summed E-state index contributed by atoms with van der Waals surface area (Å²) in [6.07, 6.45) is 3.49. The van der Waals surface area contributed by atoms with Crippen LogP contribution >= 0.6 is 22.6 Å². The molecule has 0 aliphatic carbocycles. The summed E-state index contributed by atoms with van der Waals surface area (Å²) in [4.78, 5) is 23.6. The van der Waals surface area contributed by atoms with Gasteiger partial charge in [0, 0.05) is 28.3 Å². The highest BCUT2D eigenvalue weighted by Crippen LogP contribution is 2.19. The molecule has 0 spiro atoms. The third-order valence-corrected chi connectivity index (χ3v) is 4.37. The Balaban J connectivity index is 2.19. The number of carboxylic acid groups (broad SMARTS) is 1. The zero-order valence-electron chi connectivity index (χ0n) is 11.2. The van der Waals surface area contributed by atoms with Crippen molar-refractivity contribution >= 4 is 39.5 Å². The van der Waals surface area contributed by atoms with E-state index in [4.69, 9.17) is 4.74 Å². The molecule has 6 heteroatoms. The molecule has 1 fully saturated rings. The lowest BCUT2D eigenvalue weighted by Gasteiger charge is -2.16. The minimum atomic E-state index is -1.19. The lowest BCUT2D eigenvalue weighted by atomic mass is 10.1. The second-order valence-electron chi connectivity index (χ2n) is 5.13. The van der Waals surface area contributed by atoms with Crippen LogP contribution in [0.25, 0.3) is 10.9 Å². The molecule has 1 N–H and O–H groups in total. The van der Waals surface area contributed by atoms with Gasteiger partial charge in [0.2, 0.25) is 5.43 Å². The molecule has 1 atom stereocenters. The van der Waals surface area contributed by atoms with E-state index in [1.165, 1.54) is 6.20 Å². The van der Waals surface area contributed by atoms with Gasteiger partial charge in [-0.15, -0.1) is 0 Å². The van der Waals surface area contributed by atoms with Crippen LogP contribution in [-0.4, -0.2) is 28.4 Å². The summed E-state index contributed by atoms with van der Waals surface area (Å²) >= 11 is 2.12. The number of rotatable bonds is 3. The van der Waals surface area contributed by atoms with Crippen LogP contribution in [0.5, 0.6) is 0 Å². The fraction of sp³-hybridized carbons (Fsp3) is 0.333. The minimum absolute atomic E-state index is 0.0802. The number of aromatic carboxylic acids is 1. The van der Waals surface area contributed by atoms with E-state index in [9.17, 15) is 14.7 Å². The first kappa shape index (κ1) is 14.5. The van der Waals surface area contributed by atoms with Gasteiger partial charge in [-0.05, 0) is 53.6 Å². The summed E-state index contributed by atoms with van der Waals surface area (Å²) < 4.78 is 8.34. The van der Waals surface area contributed by atoms with Gasteiger partial charge in [0.1, 0.15) is 5.56 Å². The van der Waals surface area contributed by atoms with Gasteiger partial charge in [-0.25, -0.2) is 4.79 Å². The largest absolute Gasteiger partial charge is 0.477 e. The maximum atomic E-state index is 12.3. The van der Waals surface area contributed by atoms with Crippen molar-refractivity contribution in [2.75, 3.05) is 6.61 Å². The molecule has 2 aromatic rings. The molecule has 1 aromatic heterocycles. The summed E-state index contributed by atoms with van der Waals surface area (Å²) in [6.45, 7) is 1.31. The van der Waals surface area contributed by atoms with Crippen molar-refractivity contribution in [3.8, 4) is 0 Å². The molecule has 3 rings (SSSR count). The third kappa shape index (κ3) is 2.82. The van der Waals surface area contributed by atoms with Gasteiger partial charge >= 0.3 is 5.97 Å². The van der Waals surface area contributed by atoms with Crippen molar-refractivity contribution in [2.24, 2.45) is 0 Å². The normalized spacial score (nSPS) is 18.2. The number of ether oxygens (including phenoxy) is 1. The zero-order valence-corrected chi connectivity index (χ0v) is 13.4. The van der Waals surface area contributed by atoms with Gasteiger partial charge in [0.25, 0.3) is 0 Å². The van der Waals surface area contributed by atoms with E-state index < -0.39 is 11.4 Å². The van der Waals surface area contributed by atoms with Crippen molar-refractivity contribution in [3.63, 3.8) is 0 Å². The van der Waals surface area contributed by atoms with Crippen LogP contribution in [0.4, 0.5) is 0 Å². The van der Waals surface area contributed by atoms with Gasteiger partial charge < -0.3 is 14.4 Å². The first-order valence-corrected chi connectivity index (χ1v) is 7.82. The predicted octanol–water partition coefficient (Wildman–Crippen LogP) is 2.48. The summed E-state index contributed by atoms with van der Waals surface area (Å²) in [5, 5.41) is 9.68. The molecule has 1 unspecified atom stereocenters. The van der Waals surface area contributed by atoms with Crippen LogP contribution in [0.3, 0.4) is 0 Å². The molecule has 5 nitrogen and oxygen atoms in total. The number of benzene rings is 1. The van der Waals surface area contributed by atoms with E-state index in [-0.39, 0.29) is 11.7 Å². The molecule has 0 saturated carbocycles. The van der Waals surface area contributed by atoms with Gasteiger partial charge in [-0.2, -0.15) is 0 Å². The van der Waals surface area contributed by atoms with E-state index in [0.717, 1.165) is 28.5 Å². The van der Waals surface area contributed by atoms with Crippen molar-refractivity contribution in [3.05, 3.63) is 43.8 Å². The second kappa shape index (κ2) is 5.76. The molecule has 1 aliphatic rings. The Kier molecular flexibility index (Phi) is 3.99. The summed E-state index contributed by atoms with van der Waals surface area (Å²) in [5.74, 6) is -1.19. The molecule has 2 heterocycles. The van der Waals surface area contributed by atoms with Crippen LogP contribution in [-0.2, 0) is 11.3 Å². The average molecular weight is 399 g/mol. The lowest BCUT2D eigenvalue weighted by Crippen LogP contribution is -2.22. The maximum absolute atomic E-state index is 12.3. The number of pyridine rings is 1. The highest BCUT2D eigenvalue weighted by Gasteiger charge is 2.19. The number of carboxylic acids is 1. The van der Waals surface area contributed by atoms with Crippen LogP contribution < -0.4 is 5.43 Å². The average Bonchev–Trinajstić information content (AvgIpc) is 2.94. The van der Waals surface area contributed by atoms with Crippen molar-refractivity contribution in [1.82, 2.24) is 4.57 Å². The standard InChI is InChI=1S/C15H14INO4/c16-9-3-4-13-11(6-9)14(18)12(15(19)20)8-17(13)7-10-2-1-5-21-10/h3-4,6,8,10H,1-2,5,7H2,(H,19,20). The molecule has 0 radical (unpaired) electrons. The fourth-order valence-corrected chi connectivity index (χ4v) is 3.17. The third-order valence-electron chi connectivity index (χ3n) is 3.70. The summed E-state index contributed by atoms with van der Waals surface area (Å²) in [7, 11) is 0. The first-order valence-electron chi connectivity index (χ1n) is 6.74. The Bertz CT molecular complexity index is 762. The molecule has 1 aromatic carbocycles. The van der Waals surface area contributed by atoms with Crippen LogP contribution in [0.1, 0.15) is 23.2 Å². The molecule has 21 heavy (non-hydrogen) atoms. The fourth-order valence-electron chi connectivity index (χ4n) is 2.68. The molecular formula is C15H14INO4. The number of hydrogen-bond acceptors (Lipinski definition) is 3. The molecule has 0 bridgehead atoms. The quantitative estimate of drug-likeness (QED) is 0.806. The Hall–Kier alpha value is -1.41. The number of aromatic nitrogens is 1. The number of nitrogens with zero attached hydrogens (tertiary/aromatic N) is 1. The highest BCUT2D eigenvalue weighted by atomic mass is 127. The second-order valence-corrected chi connectivity index (χ2v) is 6.37. The van der Waals surface area contributed by atoms with E-state index in [1.54, 1.807) is 6.07 Å². The molecule has 1 saturated heterocycles. The van der Waals surface area contributed by atoms with E-state index in [0.29, 0.717) is 11.9 Å². The minimum Gasteiger partial charge on any atom is -0.477 e. The van der Waals surface area contributed by atoms with Crippen LogP contribution in [0.15, 0.2) is 29.2 Å². The van der Waals surface area contributed by atoms with E-state index in [1.807, 2.05) is 16.7 Å². The number of carbonyl (C=O) groups is 1. The zero-order chi connectivity index (χ0) is 15.0. The Morgan fingerprint density at radius 2 is 2.29 bits per heavy atom. The maximum Gasteiger partial charge on any atom is 0.341 e. The molecule has 0 amide bonds. The Morgan fingerprint density at radius 1 is 1.48 bits per heavy atom. The predicted molar refractivity (Wildman–Crippen MR) is 86.9 cm³/mol. The number of hydrogen-bond donors (Lipinski definition) is 1. The van der Waals surface area contributed by atoms with E-state index in [2.05, 4.69) is 22.6 Å². The lowest BCUT2D eigenvalue weighted by molar-refractivity contribution is 0.0693. The smallest absolute Gasteiger partial charge is 0.341 e. The molecular weight excluding hydrogens is 385 g/mol. The van der Waals surface area contributed by atoms with E-state index >= 15 is 0 Å². The van der Waals surface area contributed by atoms with Gasteiger partial charge in [-0.3, -0.25) is 4.79 Å². The van der Waals surface area contributed by atoms with Crippen LogP contribution in [0.2, 0.25) is 0 Å². The van der Waals surface area contributed by atoms with Crippen molar-refractivity contribution < 1.29 is 14.6 Å². The first-order chi connectivity index (χ1) is 10.1. The summed E-state index contributed by atoms with van der Waals surface area (Å²) in [5.41, 5.74) is 0.128. The highest BCUT2D eigenvalue weighted by molar-refractivity contribution is 14.1. The molecule has 110 valence electrons. The van der Waals surface area contributed by atoms with Crippen molar-refractivity contribution in [1.29, 1.82) is 0 Å². The Morgan fingerprint density at radius 3 is 2.95 bits per heavy atom. The van der Waals surface area contributed by atoms with Gasteiger partial charge in [-0.1, -0.05) is 0 Å². The molecule has 1 aliphatic heterocycles. The number of halogens is 1. The topological polar surface area (TPSA) is 68.5 Å². The Labute approximate surface area is 134 Å². The number of fused-ring (bicyclic) bond motifs is 1. The monoisotopic (exact) mass is 399 g/mol. The van der Waals surface area contributed by atoms with Crippen molar-refractivity contribution in [2.45, 2.75) is 25.5 Å².